The maximum atomic E-state index is 5.30. The minimum atomic E-state index is 0.563. The van der Waals surface area contributed by atoms with Crippen molar-refractivity contribution >= 4 is 38.5 Å². The van der Waals surface area contributed by atoms with E-state index in [2.05, 4.69) is 54.0 Å². The summed E-state index contributed by atoms with van der Waals surface area (Å²) in [6, 6.07) is 6.69. The second kappa shape index (κ2) is 5.26. The summed E-state index contributed by atoms with van der Waals surface area (Å²) < 4.78 is 7.41. The molecule has 3 rings (SSSR count). The lowest BCUT2D eigenvalue weighted by Crippen LogP contribution is -2.16. The Morgan fingerprint density at radius 3 is 3.06 bits per heavy atom. The first-order valence-corrected chi connectivity index (χ1v) is 7.61. The highest BCUT2D eigenvalue weighted by Crippen LogP contribution is 2.28. The van der Waals surface area contributed by atoms with Crippen LogP contribution in [0.1, 0.15) is 18.7 Å². The number of benzene rings is 1. The molecule has 0 spiro atoms. The van der Waals surface area contributed by atoms with Gasteiger partial charge in [0.1, 0.15) is 0 Å². The van der Waals surface area contributed by atoms with Crippen LogP contribution < -0.4 is 5.32 Å². The lowest BCUT2D eigenvalue weighted by atomic mass is 10.2. The van der Waals surface area contributed by atoms with Crippen LogP contribution >= 0.6 is 38.5 Å². The average Bonchev–Trinajstić information content (AvgIpc) is 3.08. The fourth-order valence-corrected chi connectivity index (χ4v) is 2.53. The Labute approximate surface area is 127 Å². The smallest absolute Gasteiger partial charge is 0.259 e. The Morgan fingerprint density at radius 1 is 1.44 bits per heavy atom. The monoisotopic (exact) mass is 419 g/mol. The Hall–Kier alpha value is -0.470. The fourth-order valence-electron chi connectivity index (χ4n) is 1.62. The van der Waals surface area contributed by atoms with Crippen molar-refractivity contribution in [2.45, 2.75) is 25.4 Å². The first-order valence-electron chi connectivity index (χ1n) is 5.74. The van der Waals surface area contributed by atoms with Crippen LogP contribution in [0.25, 0.3) is 11.5 Å². The summed E-state index contributed by atoms with van der Waals surface area (Å²) in [7, 11) is 0. The van der Waals surface area contributed by atoms with Crippen LogP contribution in [0.5, 0.6) is 0 Å². The Morgan fingerprint density at radius 2 is 2.28 bits per heavy atom. The van der Waals surface area contributed by atoms with E-state index in [-0.39, 0.29) is 0 Å². The van der Waals surface area contributed by atoms with E-state index in [1.807, 2.05) is 18.2 Å². The third kappa shape index (κ3) is 2.92. The van der Waals surface area contributed by atoms with Crippen LogP contribution in [0, 0.1) is 3.57 Å². The van der Waals surface area contributed by atoms with Crippen LogP contribution in [0.4, 0.5) is 0 Å². The third-order valence-corrected chi connectivity index (χ3v) is 4.12. The summed E-state index contributed by atoms with van der Waals surface area (Å²) in [6.45, 7) is 0.676. The highest BCUT2D eigenvalue weighted by molar-refractivity contribution is 14.1. The first kappa shape index (κ1) is 12.6. The molecule has 1 aromatic heterocycles. The minimum absolute atomic E-state index is 0.563. The fraction of sp³-hybridized carbons (Fsp3) is 0.333. The van der Waals surface area contributed by atoms with Crippen molar-refractivity contribution in [3.8, 4) is 11.5 Å². The van der Waals surface area contributed by atoms with Crippen molar-refractivity contribution in [1.82, 2.24) is 15.5 Å². The SMILES string of the molecule is Brc1ccc(I)cc1-c1nc(CNC2CC2)no1. The molecule has 0 aliphatic heterocycles. The van der Waals surface area contributed by atoms with Crippen LogP contribution in [-0.2, 0) is 6.54 Å². The van der Waals surface area contributed by atoms with Gasteiger partial charge in [-0.1, -0.05) is 5.16 Å². The van der Waals surface area contributed by atoms with E-state index < -0.39 is 0 Å². The molecule has 1 aromatic carbocycles. The highest BCUT2D eigenvalue weighted by Gasteiger charge is 2.21. The predicted octanol–water partition coefficient (Wildman–Crippen LogP) is 3.36. The lowest BCUT2D eigenvalue weighted by Gasteiger charge is -1.99. The zero-order valence-electron chi connectivity index (χ0n) is 9.49. The number of nitrogens with one attached hydrogen (secondary N) is 1. The van der Waals surface area contributed by atoms with Crippen LogP contribution in [0.3, 0.4) is 0 Å². The van der Waals surface area contributed by atoms with E-state index in [0.717, 1.165) is 13.6 Å². The summed E-state index contributed by atoms with van der Waals surface area (Å²) in [5.74, 6) is 1.27. The van der Waals surface area contributed by atoms with Gasteiger partial charge in [0.2, 0.25) is 0 Å². The molecule has 1 aliphatic carbocycles. The second-order valence-corrected chi connectivity index (χ2v) is 6.40. The Kier molecular flexibility index (Phi) is 3.67. The standard InChI is InChI=1S/C12H11BrIN3O/c13-10-4-1-7(14)5-9(10)12-16-11(17-18-12)6-15-8-2-3-8/h1,4-5,8,15H,2-3,6H2. The molecule has 0 unspecified atom stereocenters. The minimum Gasteiger partial charge on any atom is -0.334 e. The maximum absolute atomic E-state index is 5.30. The van der Waals surface area contributed by atoms with E-state index in [1.165, 1.54) is 12.8 Å². The molecule has 0 amide bonds. The van der Waals surface area contributed by atoms with Crippen molar-refractivity contribution in [1.29, 1.82) is 0 Å². The van der Waals surface area contributed by atoms with Gasteiger partial charge in [-0.05, 0) is 69.6 Å². The highest BCUT2D eigenvalue weighted by atomic mass is 127. The van der Waals surface area contributed by atoms with Gasteiger partial charge in [0.25, 0.3) is 5.89 Å². The van der Waals surface area contributed by atoms with Gasteiger partial charge in [-0.2, -0.15) is 4.98 Å². The third-order valence-electron chi connectivity index (χ3n) is 2.75. The molecule has 1 aliphatic rings. The predicted molar refractivity (Wildman–Crippen MR) is 80.0 cm³/mol. The summed E-state index contributed by atoms with van der Waals surface area (Å²) in [6.07, 6.45) is 2.51. The molecule has 1 heterocycles. The molecule has 4 nitrogen and oxygen atoms in total. The van der Waals surface area contributed by atoms with E-state index in [1.54, 1.807) is 0 Å². The summed E-state index contributed by atoms with van der Waals surface area (Å²) >= 11 is 5.77. The number of hydrogen-bond donors (Lipinski definition) is 1. The van der Waals surface area contributed by atoms with Crippen molar-refractivity contribution < 1.29 is 4.52 Å². The molecule has 0 radical (unpaired) electrons. The average molecular weight is 420 g/mol. The lowest BCUT2D eigenvalue weighted by molar-refractivity contribution is 0.419. The quantitative estimate of drug-likeness (QED) is 0.772. The molecule has 2 aromatic rings. The van der Waals surface area contributed by atoms with E-state index in [4.69, 9.17) is 4.52 Å². The number of halogens is 2. The van der Waals surface area contributed by atoms with E-state index in [9.17, 15) is 0 Å². The van der Waals surface area contributed by atoms with Crippen molar-refractivity contribution in [3.05, 3.63) is 32.1 Å². The van der Waals surface area contributed by atoms with E-state index >= 15 is 0 Å². The molecule has 6 heteroatoms. The van der Waals surface area contributed by atoms with Gasteiger partial charge in [-0.15, -0.1) is 0 Å². The molecule has 1 fully saturated rings. The van der Waals surface area contributed by atoms with Crippen LogP contribution in [-0.4, -0.2) is 16.2 Å². The zero-order chi connectivity index (χ0) is 12.5. The number of hydrogen-bond acceptors (Lipinski definition) is 4. The Balaban J connectivity index is 1.80. The Bertz CT molecular complexity index is 568. The van der Waals surface area contributed by atoms with Crippen molar-refractivity contribution in [2.75, 3.05) is 0 Å². The van der Waals surface area contributed by atoms with Gasteiger partial charge >= 0.3 is 0 Å². The molecule has 94 valence electrons. The molecular weight excluding hydrogens is 409 g/mol. The molecule has 1 N–H and O–H groups in total. The number of aromatic nitrogens is 2. The summed E-state index contributed by atoms with van der Waals surface area (Å²) in [5, 5.41) is 7.36. The van der Waals surface area contributed by atoms with Gasteiger partial charge in [0.05, 0.1) is 12.1 Å². The zero-order valence-corrected chi connectivity index (χ0v) is 13.2. The van der Waals surface area contributed by atoms with Gasteiger partial charge in [-0.25, -0.2) is 0 Å². The van der Waals surface area contributed by atoms with Crippen LogP contribution in [0.15, 0.2) is 27.2 Å². The van der Waals surface area contributed by atoms with E-state index in [0.29, 0.717) is 24.3 Å². The van der Waals surface area contributed by atoms with Crippen molar-refractivity contribution in [3.63, 3.8) is 0 Å². The van der Waals surface area contributed by atoms with Gasteiger partial charge in [0.15, 0.2) is 5.82 Å². The molecule has 18 heavy (non-hydrogen) atoms. The molecule has 0 atom stereocenters. The largest absolute Gasteiger partial charge is 0.334 e. The van der Waals surface area contributed by atoms with Crippen LogP contribution in [0.2, 0.25) is 0 Å². The normalized spacial score (nSPS) is 15.0. The molecule has 1 saturated carbocycles. The maximum Gasteiger partial charge on any atom is 0.259 e. The van der Waals surface area contributed by atoms with Crippen molar-refractivity contribution in [2.24, 2.45) is 0 Å². The number of rotatable bonds is 4. The topological polar surface area (TPSA) is 51.0 Å². The molecule has 0 bridgehead atoms. The van der Waals surface area contributed by atoms with Gasteiger partial charge in [0, 0.05) is 14.1 Å². The second-order valence-electron chi connectivity index (χ2n) is 4.30. The summed E-state index contributed by atoms with van der Waals surface area (Å²) in [5.41, 5.74) is 0.937. The molecule has 0 saturated heterocycles. The number of nitrogens with zero attached hydrogens (tertiary/aromatic N) is 2. The first-order chi connectivity index (χ1) is 8.72. The molecular formula is C12H11BrIN3O. The van der Waals surface area contributed by atoms with Gasteiger partial charge < -0.3 is 9.84 Å². The summed E-state index contributed by atoms with van der Waals surface area (Å²) in [4.78, 5) is 4.41. The van der Waals surface area contributed by atoms with Gasteiger partial charge in [-0.3, -0.25) is 0 Å².